The fraction of sp³-hybridized carbons (Fsp3) is 0.250. The van der Waals surface area contributed by atoms with E-state index in [0.29, 0.717) is 22.3 Å². The Kier molecular flexibility index (Phi) is 5.04. The first kappa shape index (κ1) is 17.8. The number of hydrogen-bond donors (Lipinski definition) is 0. The van der Waals surface area contributed by atoms with Crippen molar-refractivity contribution in [2.24, 2.45) is 0 Å². The molecule has 0 aromatic heterocycles. The molecule has 1 aliphatic rings. The number of carbonyl (C=O) groups is 1. The Labute approximate surface area is 148 Å². The van der Waals surface area contributed by atoms with Crippen molar-refractivity contribution in [1.82, 2.24) is 0 Å². The van der Waals surface area contributed by atoms with E-state index in [1.807, 2.05) is 24.3 Å². The summed E-state index contributed by atoms with van der Waals surface area (Å²) in [4.78, 5) is 12.2. The van der Waals surface area contributed by atoms with Gasteiger partial charge in [-0.3, -0.25) is 4.79 Å². The van der Waals surface area contributed by atoms with Gasteiger partial charge in [0.05, 0.1) is 4.91 Å². The van der Waals surface area contributed by atoms with Crippen molar-refractivity contribution in [3.63, 3.8) is 0 Å². The zero-order valence-corrected chi connectivity index (χ0v) is 14.5. The number of carbonyl (C=O) groups excluding carboxylic acids is 1. The van der Waals surface area contributed by atoms with Crippen LogP contribution in [0.4, 0.5) is 13.2 Å². The molecule has 0 unspecified atom stereocenters. The SMILES string of the molecule is CCCCc1ccc(C2=C(SC(F)(F)F)C(=O)c3ccccc32)cc1. The minimum atomic E-state index is -4.50. The predicted octanol–water partition coefficient (Wildman–Crippen LogP) is 6.24. The second-order valence-corrected chi connectivity index (χ2v) is 7.00. The third-order valence-corrected chi connectivity index (χ3v) is 4.98. The summed E-state index contributed by atoms with van der Waals surface area (Å²) in [5.41, 5.74) is -1.43. The lowest BCUT2D eigenvalue weighted by molar-refractivity contribution is -0.0322. The maximum absolute atomic E-state index is 13.0. The van der Waals surface area contributed by atoms with Crippen molar-refractivity contribution in [3.8, 4) is 0 Å². The zero-order valence-electron chi connectivity index (χ0n) is 13.7. The van der Waals surface area contributed by atoms with Gasteiger partial charge in [0.2, 0.25) is 5.78 Å². The highest BCUT2D eigenvalue weighted by atomic mass is 32.2. The number of ketones is 1. The van der Waals surface area contributed by atoms with Crippen LogP contribution in [-0.4, -0.2) is 11.3 Å². The van der Waals surface area contributed by atoms with E-state index in [0.717, 1.165) is 24.8 Å². The molecule has 0 atom stereocenters. The minimum Gasteiger partial charge on any atom is -0.288 e. The number of thioether (sulfide) groups is 1. The number of fused-ring (bicyclic) bond motifs is 1. The summed E-state index contributed by atoms with van der Waals surface area (Å²) < 4.78 is 38.9. The lowest BCUT2D eigenvalue weighted by Crippen LogP contribution is -2.05. The number of alkyl halides is 3. The van der Waals surface area contributed by atoms with Gasteiger partial charge in [0.15, 0.2) is 0 Å². The van der Waals surface area contributed by atoms with Gasteiger partial charge in [-0.1, -0.05) is 61.9 Å². The first-order chi connectivity index (χ1) is 11.9. The van der Waals surface area contributed by atoms with Gasteiger partial charge in [0.1, 0.15) is 0 Å². The molecule has 1 nitrogen and oxygen atoms in total. The fourth-order valence-electron chi connectivity index (χ4n) is 2.98. The summed E-state index contributed by atoms with van der Waals surface area (Å²) in [7, 11) is 0. The molecule has 130 valence electrons. The lowest BCUT2D eigenvalue weighted by atomic mass is 9.97. The number of benzene rings is 2. The smallest absolute Gasteiger partial charge is 0.288 e. The van der Waals surface area contributed by atoms with E-state index >= 15 is 0 Å². The van der Waals surface area contributed by atoms with E-state index in [2.05, 4.69) is 6.92 Å². The fourth-order valence-corrected chi connectivity index (χ4v) is 3.74. The maximum atomic E-state index is 13.0. The van der Waals surface area contributed by atoms with Crippen LogP contribution < -0.4 is 0 Å². The van der Waals surface area contributed by atoms with Crippen molar-refractivity contribution in [1.29, 1.82) is 0 Å². The Morgan fingerprint density at radius 1 is 0.960 bits per heavy atom. The number of halogens is 3. The van der Waals surface area contributed by atoms with Crippen LogP contribution in [-0.2, 0) is 6.42 Å². The summed E-state index contributed by atoms with van der Waals surface area (Å²) in [6.45, 7) is 2.11. The van der Waals surface area contributed by atoms with Crippen LogP contribution in [0.25, 0.3) is 5.57 Å². The quantitative estimate of drug-likeness (QED) is 0.626. The normalized spacial score (nSPS) is 14.2. The van der Waals surface area contributed by atoms with Crippen molar-refractivity contribution in [2.75, 3.05) is 0 Å². The molecule has 0 N–H and O–H groups in total. The molecule has 0 saturated heterocycles. The lowest BCUT2D eigenvalue weighted by Gasteiger charge is -2.10. The van der Waals surface area contributed by atoms with E-state index in [4.69, 9.17) is 0 Å². The van der Waals surface area contributed by atoms with Gasteiger partial charge >= 0.3 is 5.51 Å². The number of hydrogen-bond acceptors (Lipinski definition) is 2. The standard InChI is InChI=1S/C20H17F3OS/c1-2-3-6-13-9-11-14(12-10-13)17-15-7-4-5-8-16(15)18(24)19(17)25-20(21,22)23/h4-5,7-12H,2-3,6H2,1H3. The van der Waals surface area contributed by atoms with Crippen LogP contribution in [0.3, 0.4) is 0 Å². The zero-order chi connectivity index (χ0) is 18.0. The van der Waals surface area contributed by atoms with Crippen molar-refractivity contribution in [2.45, 2.75) is 31.7 Å². The van der Waals surface area contributed by atoms with Crippen molar-refractivity contribution >= 4 is 23.1 Å². The molecule has 0 spiro atoms. The summed E-state index contributed by atoms with van der Waals surface area (Å²) in [5.74, 6) is -0.553. The van der Waals surface area contributed by atoms with Gasteiger partial charge < -0.3 is 0 Å². The van der Waals surface area contributed by atoms with Gasteiger partial charge in [-0.15, -0.1) is 0 Å². The average molecular weight is 362 g/mol. The molecule has 2 aromatic carbocycles. The highest BCUT2D eigenvalue weighted by Crippen LogP contribution is 2.47. The number of Topliss-reactive ketones (excluding diaryl/α,β-unsaturated/α-hetero) is 1. The molecule has 3 rings (SSSR count). The Bertz CT molecular complexity index is 820. The van der Waals surface area contributed by atoms with Gasteiger partial charge in [0.25, 0.3) is 0 Å². The summed E-state index contributed by atoms with van der Waals surface area (Å²) in [6.07, 6.45) is 3.09. The molecule has 0 amide bonds. The largest absolute Gasteiger partial charge is 0.446 e. The second-order valence-electron chi connectivity index (χ2n) is 5.93. The number of aryl methyl sites for hydroxylation is 1. The Hall–Kier alpha value is -2.01. The maximum Gasteiger partial charge on any atom is 0.446 e. The molecule has 0 fully saturated rings. The summed E-state index contributed by atoms with van der Waals surface area (Å²) in [6, 6.07) is 14.2. The van der Waals surface area contributed by atoms with Crippen LogP contribution in [0.2, 0.25) is 0 Å². The molecule has 0 aliphatic heterocycles. The van der Waals surface area contributed by atoms with Gasteiger partial charge in [-0.25, -0.2) is 0 Å². The molecule has 5 heteroatoms. The van der Waals surface area contributed by atoms with Crippen LogP contribution >= 0.6 is 11.8 Å². The molecule has 0 heterocycles. The third-order valence-electron chi connectivity index (χ3n) is 4.15. The van der Waals surface area contributed by atoms with E-state index in [9.17, 15) is 18.0 Å². The molecular formula is C20H17F3OS. The van der Waals surface area contributed by atoms with E-state index < -0.39 is 11.3 Å². The molecule has 0 bridgehead atoms. The first-order valence-electron chi connectivity index (χ1n) is 8.14. The molecule has 25 heavy (non-hydrogen) atoms. The highest BCUT2D eigenvalue weighted by molar-refractivity contribution is 8.05. The Morgan fingerprint density at radius 2 is 1.60 bits per heavy atom. The van der Waals surface area contributed by atoms with Crippen LogP contribution in [0, 0.1) is 0 Å². The van der Waals surface area contributed by atoms with Gasteiger partial charge in [-0.05, 0) is 41.3 Å². The minimum absolute atomic E-state index is 0.241. The number of unbranched alkanes of at least 4 members (excludes halogenated alkanes) is 1. The second kappa shape index (κ2) is 7.08. The number of rotatable bonds is 5. The van der Waals surface area contributed by atoms with Crippen molar-refractivity contribution < 1.29 is 18.0 Å². The average Bonchev–Trinajstić information content (AvgIpc) is 2.85. The van der Waals surface area contributed by atoms with Crippen molar-refractivity contribution in [3.05, 3.63) is 75.7 Å². The Balaban J connectivity index is 2.06. The Morgan fingerprint density at radius 3 is 2.20 bits per heavy atom. The summed E-state index contributed by atoms with van der Waals surface area (Å²) in [5, 5.41) is 0. The molecule has 1 aliphatic carbocycles. The van der Waals surface area contributed by atoms with E-state index in [1.165, 1.54) is 0 Å². The highest BCUT2D eigenvalue weighted by Gasteiger charge is 2.39. The van der Waals surface area contributed by atoms with Crippen LogP contribution in [0.5, 0.6) is 0 Å². The first-order valence-corrected chi connectivity index (χ1v) is 8.96. The molecular weight excluding hydrogens is 345 g/mol. The van der Waals surface area contributed by atoms with E-state index in [1.54, 1.807) is 24.3 Å². The van der Waals surface area contributed by atoms with Crippen LogP contribution in [0.1, 0.15) is 46.8 Å². The van der Waals surface area contributed by atoms with Gasteiger partial charge in [0, 0.05) is 11.1 Å². The topological polar surface area (TPSA) is 17.1 Å². The van der Waals surface area contributed by atoms with Crippen LogP contribution in [0.15, 0.2) is 53.4 Å². The van der Waals surface area contributed by atoms with Gasteiger partial charge in [-0.2, -0.15) is 13.2 Å². The monoisotopic (exact) mass is 362 g/mol. The molecule has 0 radical (unpaired) electrons. The third kappa shape index (κ3) is 3.82. The molecule has 0 saturated carbocycles. The predicted molar refractivity (Wildman–Crippen MR) is 95.5 cm³/mol. The van der Waals surface area contributed by atoms with E-state index in [-0.39, 0.29) is 16.7 Å². The summed E-state index contributed by atoms with van der Waals surface area (Å²) >= 11 is -0.320. The molecule has 2 aromatic rings. The number of allylic oxidation sites excluding steroid dienone is 1.